The summed E-state index contributed by atoms with van der Waals surface area (Å²) in [5.74, 6) is 0.566. The summed E-state index contributed by atoms with van der Waals surface area (Å²) in [5, 5.41) is 13.4. The number of rotatable bonds is 5. The maximum atomic E-state index is 9.71. The van der Waals surface area contributed by atoms with E-state index >= 15 is 0 Å². The van der Waals surface area contributed by atoms with Gasteiger partial charge in [0, 0.05) is 12.6 Å². The highest BCUT2D eigenvalue weighted by Crippen LogP contribution is 2.40. The summed E-state index contributed by atoms with van der Waals surface area (Å²) in [4.78, 5) is 2.61. The molecule has 112 valence electrons. The largest absolute Gasteiger partial charge is 0.303 e. The highest BCUT2D eigenvalue weighted by Gasteiger charge is 2.46. The molecule has 3 aliphatic rings. The minimum Gasteiger partial charge on any atom is -0.303 e. The molecule has 0 spiro atoms. The zero-order valence-electron chi connectivity index (χ0n) is 13.1. The van der Waals surface area contributed by atoms with Gasteiger partial charge in [-0.15, -0.1) is 0 Å². The molecular weight excluding hydrogens is 246 g/mol. The second-order valence-corrected chi connectivity index (χ2v) is 8.07. The first-order chi connectivity index (χ1) is 9.53. The van der Waals surface area contributed by atoms with Crippen LogP contribution >= 0.6 is 0 Å². The molecule has 0 aromatic heterocycles. The molecule has 3 heteroatoms. The lowest BCUT2D eigenvalue weighted by molar-refractivity contribution is 0.234. The van der Waals surface area contributed by atoms with Gasteiger partial charge in [-0.05, 0) is 62.9 Å². The fourth-order valence-electron chi connectivity index (χ4n) is 4.18. The second kappa shape index (κ2) is 5.31. The molecule has 3 rings (SSSR count). The van der Waals surface area contributed by atoms with Gasteiger partial charge in [-0.1, -0.05) is 20.3 Å². The van der Waals surface area contributed by atoms with Gasteiger partial charge in [0.15, 0.2) is 0 Å². The zero-order valence-corrected chi connectivity index (χ0v) is 13.1. The van der Waals surface area contributed by atoms with Gasteiger partial charge < -0.3 is 4.90 Å². The van der Waals surface area contributed by atoms with E-state index in [9.17, 15) is 5.26 Å². The van der Waals surface area contributed by atoms with Crippen molar-refractivity contribution in [3.05, 3.63) is 0 Å². The standard InChI is InChI=1S/C17H29N3/c1-16(2)9-11-20(13-16)10-7-14-4-3-8-17(14,12-18)19-15-5-6-15/h14-15,19H,3-11,13H2,1-2H3. The van der Waals surface area contributed by atoms with Crippen LogP contribution in [-0.2, 0) is 0 Å². The monoisotopic (exact) mass is 275 g/mol. The van der Waals surface area contributed by atoms with Crippen LogP contribution in [0.15, 0.2) is 0 Å². The van der Waals surface area contributed by atoms with Crippen LogP contribution in [0.25, 0.3) is 0 Å². The lowest BCUT2D eigenvalue weighted by Gasteiger charge is -2.31. The molecule has 0 aromatic rings. The Kier molecular flexibility index (Phi) is 3.81. The van der Waals surface area contributed by atoms with Crippen LogP contribution in [0, 0.1) is 22.7 Å². The van der Waals surface area contributed by atoms with Crippen molar-refractivity contribution in [3.63, 3.8) is 0 Å². The normalized spacial score (nSPS) is 37.1. The Bertz CT molecular complexity index is 394. The van der Waals surface area contributed by atoms with E-state index in [-0.39, 0.29) is 5.54 Å². The van der Waals surface area contributed by atoms with E-state index in [1.807, 2.05) is 0 Å². The molecule has 3 fully saturated rings. The molecule has 0 aromatic carbocycles. The van der Waals surface area contributed by atoms with E-state index in [0.717, 1.165) is 6.42 Å². The molecule has 1 heterocycles. The van der Waals surface area contributed by atoms with Crippen LogP contribution in [0.4, 0.5) is 0 Å². The quantitative estimate of drug-likeness (QED) is 0.838. The molecule has 2 unspecified atom stereocenters. The van der Waals surface area contributed by atoms with Crippen molar-refractivity contribution >= 4 is 0 Å². The van der Waals surface area contributed by atoms with Crippen LogP contribution in [-0.4, -0.2) is 36.1 Å². The van der Waals surface area contributed by atoms with Crippen LogP contribution < -0.4 is 5.32 Å². The third-order valence-electron chi connectivity index (χ3n) is 5.61. The van der Waals surface area contributed by atoms with Crippen LogP contribution in [0.3, 0.4) is 0 Å². The van der Waals surface area contributed by atoms with E-state index in [1.54, 1.807) is 0 Å². The van der Waals surface area contributed by atoms with Crippen LogP contribution in [0.5, 0.6) is 0 Å². The van der Waals surface area contributed by atoms with Crippen molar-refractivity contribution in [1.29, 1.82) is 5.26 Å². The summed E-state index contributed by atoms with van der Waals surface area (Å²) < 4.78 is 0. The number of hydrogen-bond donors (Lipinski definition) is 1. The lowest BCUT2D eigenvalue weighted by atomic mass is 9.85. The van der Waals surface area contributed by atoms with Crippen molar-refractivity contribution in [3.8, 4) is 6.07 Å². The summed E-state index contributed by atoms with van der Waals surface area (Å²) in [6.07, 6.45) is 8.60. The molecular formula is C17H29N3. The van der Waals surface area contributed by atoms with Crippen molar-refractivity contribution in [2.24, 2.45) is 11.3 Å². The van der Waals surface area contributed by atoms with Gasteiger partial charge >= 0.3 is 0 Å². The summed E-state index contributed by atoms with van der Waals surface area (Å²) in [6, 6.07) is 3.30. The molecule has 0 amide bonds. The number of likely N-dealkylation sites (tertiary alicyclic amines) is 1. The number of nitriles is 1. The first kappa shape index (κ1) is 14.4. The molecule has 1 saturated heterocycles. The fourth-order valence-corrected chi connectivity index (χ4v) is 4.18. The van der Waals surface area contributed by atoms with Gasteiger partial charge in [0.05, 0.1) is 6.07 Å². The second-order valence-electron chi connectivity index (χ2n) is 8.07. The summed E-state index contributed by atoms with van der Waals surface area (Å²) in [6.45, 7) is 8.40. The fraction of sp³-hybridized carbons (Fsp3) is 0.941. The van der Waals surface area contributed by atoms with Crippen LogP contribution in [0.1, 0.15) is 58.8 Å². The maximum absolute atomic E-state index is 9.71. The van der Waals surface area contributed by atoms with Crippen molar-refractivity contribution < 1.29 is 0 Å². The molecule has 0 bridgehead atoms. The van der Waals surface area contributed by atoms with Crippen LogP contribution in [0.2, 0.25) is 0 Å². The van der Waals surface area contributed by atoms with E-state index in [4.69, 9.17) is 0 Å². The lowest BCUT2D eigenvalue weighted by Crippen LogP contribution is -2.48. The van der Waals surface area contributed by atoms with Gasteiger partial charge in [0.25, 0.3) is 0 Å². The molecule has 1 N–H and O–H groups in total. The smallest absolute Gasteiger partial charge is 0.109 e. The SMILES string of the molecule is CC1(C)CCN(CCC2CCCC2(C#N)NC2CC2)C1. The van der Waals surface area contributed by atoms with Gasteiger partial charge in [0.2, 0.25) is 0 Å². The summed E-state index contributed by atoms with van der Waals surface area (Å²) in [7, 11) is 0. The first-order valence-corrected chi connectivity index (χ1v) is 8.44. The molecule has 2 saturated carbocycles. The number of nitrogens with zero attached hydrogens (tertiary/aromatic N) is 2. The molecule has 20 heavy (non-hydrogen) atoms. The van der Waals surface area contributed by atoms with E-state index in [0.29, 0.717) is 17.4 Å². The third kappa shape index (κ3) is 3.02. The van der Waals surface area contributed by atoms with Crippen molar-refractivity contribution in [2.45, 2.75) is 70.4 Å². The highest BCUT2D eigenvalue weighted by atomic mass is 15.2. The predicted molar refractivity (Wildman–Crippen MR) is 81.3 cm³/mol. The van der Waals surface area contributed by atoms with Gasteiger partial charge in [-0.2, -0.15) is 5.26 Å². The Morgan fingerprint density at radius 3 is 2.65 bits per heavy atom. The average Bonchev–Trinajstić information content (AvgIpc) is 3.01. The minimum atomic E-state index is -0.198. The van der Waals surface area contributed by atoms with E-state index in [2.05, 4.69) is 30.1 Å². The van der Waals surface area contributed by atoms with Gasteiger partial charge in [0.1, 0.15) is 5.54 Å². The first-order valence-electron chi connectivity index (χ1n) is 8.44. The molecule has 1 aliphatic heterocycles. The van der Waals surface area contributed by atoms with E-state index in [1.165, 1.54) is 58.2 Å². The molecule has 0 radical (unpaired) electrons. The Morgan fingerprint density at radius 2 is 2.05 bits per heavy atom. The number of nitrogens with one attached hydrogen (secondary N) is 1. The minimum absolute atomic E-state index is 0.198. The predicted octanol–water partition coefficient (Wildman–Crippen LogP) is 2.92. The third-order valence-corrected chi connectivity index (χ3v) is 5.61. The Hall–Kier alpha value is -0.590. The highest BCUT2D eigenvalue weighted by molar-refractivity contribution is 5.16. The Morgan fingerprint density at radius 1 is 1.25 bits per heavy atom. The average molecular weight is 275 g/mol. The van der Waals surface area contributed by atoms with Gasteiger partial charge in [-0.3, -0.25) is 5.32 Å². The zero-order chi connectivity index (χ0) is 14.2. The maximum Gasteiger partial charge on any atom is 0.109 e. The Labute approximate surface area is 123 Å². The topological polar surface area (TPSA) is 39.1 Å². The summed E-state index contributed by atoms with van der Waals surface area (Å²) >= 11 is 0. The van der Waals surface area contributed by atoms with E-state index < -0.39 is 0 Å². The molecule has 3 nitrogen and oxygen atoms in total. The van der Waals surface area contributed by atoms with Gasteiger partial charge in [-0.25, -0.2) is 0 Å². The Balaban J connectivity index is 1.54. The number of hydrogen-bond acceptors (Lipinski definition) is 3. The summed E-state index contributed by atoms with van der Waals surface area (Å²) in [5.41, 5.74) is 0.296. The molecule has 2 atom stereocenters. The van der Waals surface area contributed by atoms with Crippen molar-refractivity contribution in [1.82, 2.24) is 10.2 Å². The molecule has 2 aliphatic carbocycles. The van der Waals surface area contributed by atoms with Crippen molar-refractivity contribution in [2.75, 3.05) is 19.6 Å².